The molecule has 1 rings (SSSR count). The minimum Gasteiger partial charge on any atom is -0.300 e. The molecule has 1 aliphatic rings. The number of carbonyl (C=O) groups is 1. The number of carbonyl (C=O) groups excluding carboxylic acids is 1. The summed E-state index contributed by atoms with van der Waals surface area (Å²) in [6, 6.07) is 0. The molecule has 0 bridgehead atoms. The standard InChI is InChI=1S/C14H27NO/c1-6-13(7-2)10-12(16)11-14(8-3,9-4)15(13)5/h6-11H2,1-5H3. The molecule has 2 nitrogen and oxygen atoms in total. The third kappa shape index (κ3) is 1.92. The van der Waals surface area contributed by atoms with Crippen LogP contribution in [0.2, 0.25) is 0 Å². The van der Waals surface area contributed by atoms with Gasteiger partial charge in [-0.1, -0.05) is 27.7 Å². The van der Waals surface area contributed by atoms with Gasteiger partial charge in [-0.05, 0) is 32.7 Å². The van der Waals surface area contributed by atoms with E-state index in [1.165, 1.54) is 0 Å². The largest absolute Gasteiger partial charge is 0.300 e. The van der Waals surface area contributed by atoms with Crippen molar-refractivity contribution in [3.8, 4) is 0 Å². The number of likely N-dealkylation sites (tertiary alicyclic amines) is 1. The van der Waals surface area contributed by atoms with Crippen molar-refractivity contribution in [3.63, 3.8) is 0 Å². The average Bonchev–Trinajstić information content (AvgIpc) is 2.32. The van der Waals surface area contributed by atoms with Gasteiger partial charge in [0.05, 0.1) is 0 Å². The molecule has 0 saturated carbocycles. The van der Waals surface area contributed by atoms with Gasteiger partial charge in [0, 0.05) is 23.9 Å². The van der Waals surface area contributed by atoms with Gasteiger partial charge in [0.25, 0.3) is 0 Å². The van der Waals surface area contributed by atoms with E-state index in [0.29, 0.717) is 5.78 Å². The molecule has 1 saturated heterocycles. The second kappa shape index (κ2) is 4.87. The molecule has 94 valence electrons. The van der Waals surface area contributed by atoms with Crippen LogP contribution in [0, 0.1) is 0 Å². The lowest BCUT2D eigenvalue weighted by Gasteiger charge is -2.55. The van der Waals surface area contributed by atoms with E-state index < -0.39 is 0 Å². The van der Waals surface area contributed by atoms with Crippen LogP contribution in [0.1, 0.15) is 66.2 Å². The van der Waals surface area contributed by atoms with Gasteiger partial charge in [0.15, 0.2) is 0 Å². The second-order valence-electron chi connectivity index (χ2n) is 5.31. The third-order valence-electron chi connectivity index (χ3n) is 5.11. The van der Waals surface area contributed by atoms with Gasteiger partial charge in [-0.15, -0.1) is 0 Å². The first-order valence-corrected chi connectivity index (χ1v) is 6.76. The number of Topliss-reactive ketones (excluding diaryl/α,β-unsaturated/α-hetero) is 1. The van der Waals surface area contributed by atoms with E-state index >= 15 is 0 Å². The zero-order valence-electron chi connectivity index (χ0n) is 11.6. The zero-order valence-corrected chi connectivity index (χ0v) is 11.6. The van der Waals surface area contributed by atoms with Crippen LogP contribution in [-0.4, -0.2) is 28.8 Å². The van der Waals surface area contributed by atoms with Crippen LogP contribution in [0.3, 0.4) is 0 Å². The van der Waals surface area contributed by atoms with Crippen LogP contribution >= 0.6 is 0 Å². The molecule has 0 aliphatic carbocycles. The predicted molar refractivity (Wildman–Crippen MR) is 68.6 cm³/mol. The van der Waals surface area contributed by atoms with Crippen LogP contribution in [0.4, 0.5) is 0 Å². The van der Waals surface area contributed by atoms with E-state index in [4.69, 9.17) is 0 Å². The molecule has 16 heavy (non-hydrogen) atoms. The molecular formula is C14H27NO. The Hall–Kier alpha value is -0.370. The number of nitrogens with zero attached hydrogens (tertiary/aromatic N) is 1. The van der Waals surface area contributed by atoms with Crippen molar-refractivity contribution in [2.75, 3.05) is 7.05 Å². The predicted octanol–water partition coefficient (Wildman–Crippen LogP) is 3.40. The molecule has 0 atom stereocenters. The minimum absolute atomic E-state index is 0.112. The smallest absolute Gasteiger partial charge is 0.136 e. The molecule has 0 aromatic heterocycles. The van der Waals surface area contributed by atoms with Gasteiger partial charge in [0.2, 0.25) is 0 Å². The molecule has 1 fully saturated rings. The SMILES string of the molecule is CCC1(CC)CC(=O)CC(CC)(CC)N1C. The lowest BCUT2D eigenvalue weighted by atomic mass is 9.71. The zero-order chi connectivity index (χ0) is 12.4. The van der Waals surface area contributed by atoms with Crippen LogP contribution in [0.25, 0.3) is 0 Å². The normalized spacial score (nSPS) is 24.7. The first-order valence-electron chi connectivity index (χ1n) is 6.76. The lowest BCUT2D eigenvalue weighted by Crippen LogP contribution is -2.63. The summed E-state index contributed by atoms with van der Waals surface area (Å²) >= 11 is 0. The molecule has 0 radical (unpaired) electrons. The monoisotopic (exact) mass is 225 g/mol. The highest BCUT2D eigenvalue weighted by atomic mass is 16.1. The molecule has 1 aliphatic heterocycles. The number of ketones is 1. The number of hydrogen-bond donors (Lipinski definition) is 0. The molecule has 0 amide bonds. The summed E-state index contributed by atoms with van der Waals surface area (Å²) in [6.45, 7) is 8.87. The van der Waals surface area contributed by atoms with Gasteiger partial charge in [0.1, 0.15) is 5.78 Å². The summed E-state index contributed by atoms with van der Waals surface area (Å²) in [5.74, 6) is 0.463. The van der Waals surface area contributed by atoms with E-state index in [-0.39, 0.29) is 11.1 Å². The van der Waals surface area contributed by atoms with Gasteiger partial charge >= 0.3 is 0 Å². The fourth-order valence-electron chi connectivity index (χ4n) is 3.49. The van der Waals surface area contributed by atoms with Crippen molar-refractivity contribution < 1.29 is 4.79 Å². The molecule has 0 spiro atoms. The molecule has 0 unspecified atom stereocenters. The Labute approximate surface area is 100 Å². The fraction of sp³-hybridized carbons (Fsp3) is 0.929. The Morgan fingerprint density at radius 1 is 0.938 bits per heavy atom. The first-order chi connectivity index (χ1) is 7.50. The topological polar surface area (TPSA) is 20.3 Å². The number of hydrogen-bond acceptors (Lipinski definition) is 2. The van der Waals surface area contributed by atoms with Crippen molar-refractivity contribution in [2.45, 2.75) is 77.3 Å². The van der Waals surface area contributed by atoms with Crippen molar-refractivity contribution >= 4 is 5.78 Å². The quantitative estimate of drug-likeness (QED) is 0.731. The van der Waals surface area contributed by atoms with E-state index in [1.54, 1.807) is 0 Å². The summed E-state index contributed by atoms with van der Waals surface area (Å²) in [7, 11) is 2.23. The highest BCUT2D eigenvalue weighted by Crippen LogP contribution is 2.43. The van der Waals surface area contributed by atoms with Gasteiger partial charge in [-0.3, -0.25) is 9.69 Å². The highest BCUT2D eigenvalue weighted by Gasteiger charge is 2.48. The molecule has 0 aromatic rings. The first kappa shape index (κ1) is 13.7. The van der Waals surface area contributed by atoms with Crippen LogP contribution in [-0.2, 0) is 4.79 Å². The summed E-state index contributed by atoms with van der Waals surface area (Å²) in [6.07, 6.45) is 5.80. The summed E-state index contributed by atoms with van der Waals surface area (Å²) in [5.41, 5.74) is 0.225. The summed E-state index contributed by atoms with van der Waals surface area (Å²) in [4.78, 5) is 14.6. The Kier molecular flexibility index (Phi) is 4.17. The van der Waals surface area contributed by atoms with E-state index in [2.05, 4.69) is 39.6 Å². The molecule has 1 heterocycles. The van der Waals surface area contributed by atoms with Crippen molar-refractivity contribution in [1.29, 1.82) is 0 Å². The van der Waals surface area contributed by atoms with E-state index in [0.717, 1.165) is 38.5 Å². The maximum absolute atomic E-state index is 12.0. The lowest BCUT2D eigenvalue weighted by molar-refractivity contribution is -0.137. The molecule has 0 aromatic carbocycles. The molecular weight excluding hydrogens is 198 g/mol. The number of rotatable bonds is 4. The number of piperidine rings is 1. The van der Waals surface area contributed by atoms with E-state index in [1.807, 2.05) is 0 Å². The maximum atomic E-state index is 12.0. The third-order valence-corrected chi connectivity index (χ3v) is 5.11. The van der Waals surface area contributed by atoms with Crippen LogP contribution < -0.4 is 0 Å². The Balaban J connectivity index is 3.11. The second-order valence-corrected chi connectivity index (χ2v) is 5.31. The van der Waals surface area contributed by atoms with Gasteiger partial charge < -0.3 is 0 Å². The Bertz CT molecular complexity index is 227. The Morgan fingerprint density at radius 2 is 1.25 bits per heavy atom. The maximum Gasteiger partial charge on any atom is 0.136 e. The van der Waals surface area contributed by atoms with E-state index in [9.17, 15) is 4.79 Å². The fourth-order valence-corrected chi connectivity index (χ4v) is 3.49. The van der Waals surface area contributed by atoms with Crippen molar-refractivity contribution in [2.24, 2.45) is 0 Å². The van der Waals surface area contributed by atoms with Crippen LogP contribution in [0.15, 0.2) is 0 Å². The minimum atomic E-state index is 0.112. The Morgan fingerprint density at radius 3 is 1.50 bits per heavy atom. The molecule has 2 heteroatoms. The van der Waals surface area contributed by atoms with Crippen molar-refractivity contribution in [3.05, 3.63) is 0 Å². The summed E-state index contributed by atoms with van der Waals surface area (Å²) in [5, 5.41) is 0. The summed E-state index contributed by atoms with van der Waals surface area (Å²) < 4.78 is 0. The van der Waals surface area contributed by atoms with Crippen LogP contribution in [0.5, 0.6) is 0 Å². The molecule has 0 N–H and O–H groups in total. The van der Waals surface area contributed by atoms with Crippen molar-refractivity contribution in [1.82, 2.24) is 4.90 Å². The van der Waals surface area contributed by atoms with Gasteiger partial charge in [-0.2, -0.15) is 0 Å². The highest BCUT2D eigenvalue weighted by molar-refractivity contribution is 5.82. The average molecular weight is 225 g/mol. The van der Waals surface area contributed by atoms with Gasteiger partial charge in [-0.25, -0.2) is 0 Å².